The van der Waals surface area contributed by atoms with E-state index in [4.69, 9.17) is 0 Å². The Bertz CT molecular complexity index is 461. The lowest BCUT2D eigenvalue weighted by Gasteiger charge is -2.09. The van der Waals surface area contributed by atoms with E-state index in [2.05, 4.69) is 38.1 Å². The maximum atomic E-state index is 11.3. The molecule has 1 aliphatic carbocycles. The molecule has 0 saturated heterocycles. The van der Waals surface area contributed by atoms with Gasteiger partial charge in [-0.25, -0.2) is 0 Å². The second kappa shape index (κ2) is 5.13. The van der Waals surface area contributed by atoms with Crippen LogP contribution in [0.25, 0.3) is 5.57 Å². The second-order valence-electron chi connectivity index (χ2n) is 4.97. The molecule has 0 aromatic heterocycles. The summed E-state index contributed by atoms with van der Waals surface area (Å²) < 4.78 is 0. The molecule has 1 heteroatoms. The predicted molar refractivity (Wildman–Crippen MR) is 71.7 cm³/mol. The third-order valence-corrected chi connectivity index (χ3v) is 2.86. The smallest absolute Gasteiger partial charge is 0.160 e. The predicted octanol–water partition coefficient (Wildman–Crippen LogP) is 3.80. The van der Waals surface area contributed by atoms with Crippen LogP contribution in [-0.4, -0.2) is 5.78 Å². The van der Waals surface area contributed by atoms with Gasteiger partial charge in [-0.15, -0.1) is 0 Å². The molecular weight excluding hydrogens is 208 g/mol. The molecule has 1 nitrogen and oxygen atoms in total. The van der Waals surface area contributed by atoms with Crippen molar-refractivity contribution in [1.29, 1.82) is 0 Å². The lowest BCUT2D eigenvalue weighted by Crippen LogP contribution is -1.98. The summed E-state index contributed by atoms with van der Waals surface area (Å²) in [6.45, 7) is 4.44. The highest BCUT2D eigenvalue weighted by Crippen LogP contribution is 2.21. The standard InChI is InChI=1S/C16H18O/c1-12(2)10-13-6-8-14(9-7-13)15-4-3-5-16(17)11-15/h3-4,6-9,11-12H,5,10H2,1-2H3. The molecule has 0 unspecified atom stereocenters. The summed E-state index contributed by atoms with van der Waals surface area (Å²) in [5, 5.41) is 0. The van der Waals surface area contributed by atoms with Crippen LogP contribution in [0.15, 0.2) is 42.5 Å². The number of hydrogen-bond donors (Lipinski definition) is 0. The quantitative estimate of drug-likeness (QED) is 0.766. The van der Waals surface area contributed by atoms with Gasteiger partial charge in [0.2, 0.25) is 0 Å². The first-order valence-electron chi connectivity index (χ1n) is 6.15. The second-order valence-corrected chi connectivity index (χ2v) is 4.97. The van der Waals surface area contributed by atoms with Gasteiger partial charge >= 0.3 is 0 Å². The van der Waals surface area contributed by atoms with Crippen molar-refractivity contribution in [3.63, 3.8) is 0 Å². The average molecular weight is 226 g/mol. The third kappa shape index (κ3) is 3.16. The average Bonchev–Trinajstić information content (AvgIpc) is 2.29. The van der Waals surface area contributed by atoms with Gasteiger partial charge in [-0.05, 0) is 35.1 Å². The van der Waals surface area contributed by atoms with Crippen LogP contribution in [0.1, 0.15) is 31.4 Å². The van der Waals surface area contributed by atoms with E-state index in [1.807, 2.05) is 12.2 Å². The van der Waals surface area contributed by atoms with Crippen molar-refractivity contribution < 1.29 is 4.79 Å². The summed E-state index contributed by atoms with van der Waals surface area (Å²) >= 11 is 0. The summed E-state index contributed by atoms with van der Waals surface area (Å²) in [7, 11) is 0. The zero-order chi connectivity index (χ0) is 12.3. The van der Waals surface area contributed by atoms with Crippen LogP contribution in [0, 0.1) is 5.92 Å². The van der Waals surface area contributed by atoms with Crippen molar-refractivity contribution in [3.8, 4) is 0 Å². The van der Waals surface area contributed by atoms with E-state index in [9.17, 15) is 4.79 Å². The van der Waals surface area contributed by atoms with Crippen molar-refractivity contribution in [3.05, 3.63) is 53.6 Å². The number of allylic oxidation sites excluding steroid dienone is 4. The third-order valence-electron chi connectivity index (χ3n) is 2.86. The van der Waals surface area contributed by atoms with Gasteiger partial charge in [-0.3, -0.25) is 4.79 Å². The zero-order valence-corrected chi connectivity index (χ0v) is 10.4. The van der Waals surface area contributed by atoms with E-state index < -0.39 is 0 Å². The van der Waals surface area contributed by atoms with E-state index in [0.29, 0.717) is 12.3 Å². The Kier molecular flexibility index (Phi) is 3.58. The van der Waals surface area contributed by atoms with Crippen LogP contribution in [0.5, 0.6) is 0 Å². The topological polar surface area (TPSA) is 17.1 Å². The molecule has 0 radical (unpaired) electrons. The van der Waals surface area contributed by atoms with E-state index in [1.54, 1.807) is 6.08 Å². The van der Waals surface area contributed by atoms with Gasteiger partial charge in [0, 0.05) is 6.42 Å². The number of carbonyl (C=O) groups excluding carboxylic acids is 1. The molecule has 0 heterocycles. The molecule has 17 heavy (non-hydrogen) atoms. The molecule has 0 N–H and O–H groups in total. The van der Waals surface area contributed by atoms with Gasteiger partial charge in [0.1, 0.15) is 0 Å². The Hall–Kier alpha value is -1.63. The monoisotopic (exact) mass is 226 g/mol. The molecular formula is C16H18O. The molecule has 0 atom stereocenters. The first kappa shape index (κ1) is 11.8. The van der Waals surface area contributed by atoms with Crippen molar-refractivity contribution in [2.45, 2.75) is 26.7 Å². The molecule has 0 aliphatic heterocycles. The molecule has 0 amide bonds. The van der Waals surface area contributed by atoms with Crippen LogP contribution in [0.3, 0.4) is 0 Å². The summed E-state index contributed by atoms with van der Waals surface area (Å²) in [5.41, 5.74) is 3.51. The fourth-order valence-corrected chi connectivity index (χ4v) is 2.07. The number of benzene rings is 1. The summed E-state index contributed by atoms with van der Waals surface area (Å²) in [4.78, 5) is 11.3. The van der Waals surface area contributed by atoms with Crippen molar-refractivity contribution in [2.24, 2.45) is 5.92 Å². The van der Waals surface area contributed by atoms with Crippen LogP contribution >= 0.6 is 0 Å². The van der Waals surface area contributed by atoms with Gasteiger partial charge in [0.25, 0.3) is 0 Å². The first-order valence-corrected chi connectivity index (χ1v) is 6.15. The SMILES string of the molecule is CC(C)Cc1ccc(C2=CC(=O)CC=C2)cc1. The van der Waals surface area contributed by atoms with E-state index in [-0.39, 0.29) is 5.78 Å². The molecule has 0 spiro atoms. The van der Waals surface area contributed by atoms with E-state index >= 15 is 0 Å². The lowest BCUT2D eigenvalue weighted by atomic mass is 9.96. The number of ketones is 1. The Labute approximate surface area is 103 Å². The van der Waals surface area contributed by atoms with E-state index in [1.165, 1.54) is 5.56 Å². The van der Waals surface area contributed by atoms with Gasteiger partial charge < -0.3 is 0 Å². The number of carbonyl (C=O) groups is 1. The van der Waals surface area contributed by atoms with Crippen molar-refractivity contribution in [2.75, 3.05) is 0 Å². The van der Waals surface area contributed by atoms with Gasteiger partial charge in [0.05, 0.1) is 0 Å². The van der Waals surface area contributed by atoms with Gasteiger partial charge in [-0.2, -0.15) is 0 Å². The minimum atomic E-state index is 0.189. The molecule has 0 bridgehead atoms. The Balaban J connectivity index is 2.18. The highest BCUT2D eigenvalue weighted by molar-refractivity contribution is 6.01. The molecule has 1 aromatic rings. The summed E-state index contributed by atoms with van der Waals surface area (Å²) in [5.74, 6) is 0.866. The van der Waals surface area contributed by atoms with Crippen LogP contribution < -0.4 is 0 Å². The maximum Gasteiger partial charge on any atom is 0.160 e. The molecule has 2 rings (SSSR count). The van der Waals surface area contributed by atoms with Crippen molar-refractivity contribution >= 4 is 11.4 Å². The first-order chi connectivity index (χ1) is 8.15. The normalized spacial score (nSPS) is 15.2. The molecule has 88 valence electrons. The highest BCUT2D eigenvalue weighted by atomic mass is 16.1. The van der Waals surface area contributed by atoms with Crippen LogP contribution in [-0.2, 0) is 11.2 Å². The van der Waals surface area contributed by atoms with E-state index in [0.717, 1.165) is 17.6 Å². The molecule has 0 fully saturated rings. The number of rotatable bonds is 3. The Morgan fingerprint density at radius 1 is 1.18 bits per heavy atom. The fraction of sp³-hybridized carbons (Fsp3) is 0.312. The fourth-order valence-electron chi connectivity index (χ4n) is 2.07. The highest BCUT2D eigenvalue weighted by Gasteiger charge is 2.06. The Morgan fingerprint density at radius 3 is 2.47 bits per heavy atom. The van der Waals surface area contributed by atoms with Crippen LogP contribution in [0.4, 0.5) is 0 Å². The van der Waals surface area contributed by atoms with Crippen molar-refractivity contribution in [1.82, 2.24) is 0 Å². The largest absolute Gasteiger partial charge is 0.294 e. The minimum absolute atomic E-state index is 0.189. The van der Waals surface area contributed by atoms with Gasteiger partial charge in [-0.1, -0.05) is 50.3 Å². The molecule has 1 aromatic carbocycles. The summed E-state index contributed by atoms with van der Waals surface area (Å²) in [6, 6.07) is 8.52. The summed E-state index contributed by atoms with van der Waals surface area (Å²) in [6.07, 6.45) is 7.33. The lowest BCUT2D eigenvalue weighted by molar-refractivity contribution is -0.113. The molecule has 0 saturated carbocycles. The maximum absolute atomic E-state index is 11.3. The van der Waals surface area contributed by atoms with Crippen LogP contribution in [0.2, 0.25) is 0 Å². The minimum Gasteiger partial charge on any atom is -0.294 e. The Morgan fingerprint density at radius 2 is 1.88 bits per heavy atom. The zero-order valence-electron chi connectivity index (χ0n) is 10.4. The molecule has 1 aliphatic rings. The van der Waals surface area contributed by atoms with Gasteiger partial charge in [0.15, 0.2) is 5.78 Å². The number of hydrogen-bond acceptors (Lipinski definition) is 1.